The van der Waals surface area contributed by atoms with Gasteiger partial charge in [0, 0.05) is 25.9 Å². The van der Waals surface area contributed by atoms with Crippen molar-refractivity contribution in [3.05, 3.63) is 24.0 Å². The fourth-order valence-electron chi connectivity index (χ4n) is 2.10. The normalized spacial score (nSPS) is 17.9. The second kappa shape index (κ2) is 6.08. The number of carbonyl (C=O) groups excluding carboxylic acids is 1. The molecule has 1 aromatic rings. The van der Waals surface area contributed by atoms with E-state index in [-0.39, 0.29) is 37.8 Å². The molecular weight excluding hydrogens is 378 g/mol. The summed E-state index contributed by atoms with van der Waals surface area (Å²) in [7, 11) is -10.4. The van der Waals surface area contributed by atoms with Crippen molar-refractivity contribution in [2.75, 3.05) is 13.1 Å². The number of ketones is 1. The van der Waals surface area contributed by atoms with Crippen LogP contribution in [-0.2, 0) is 24.7 Å². The zero-order chi connectivity index (χ0) is 18.3. The number of carbonyl (C=O) groups is 1. The van der Waals surface area contributed by atoms with Gasteiger partial charge in [-0.25, -0.2) is 21.2 Å². The molecule has 1 aliphatic rings. The third-order valence-corrected chi connectivity index (χ3v) is 6.81. The van der Waals surface area contributed by atoms with E-state index in [9.17, 15) is 39.2 Å². The van der Waals surface area contributed by atoms with Crippen molar-refractivity contribution >= 4 is 25.6 Å². The largest absolute Gasteiger partial charge is 0.502 e. The molecule has 0 spiro atoms. The number of Topliss-reactive ketones (excluding diaryl/α,β-unsaturated/α-hetero) is 1. The van der Waals surface area contributed by atoms with E-state index in [1.165, 1.54) is 0 Å². The van der Waals surface area contributed by atoms with Gasteiger partial charge >= 0.3 is 5.51 Å². The van der Waals surface area contributed by atoms with E-state index in [1.54, 1.807) is 0 Å². The number of rotatable bonds is 3. The fraction of sp³-hybridized carbons (Fsp3) is 0.417. The van der Waals surface area contributed by atoms with Gasteiger partial charge in [-0.3, -0.25) is 4.79 Å². The predicted octanol–water partition coefficient (Wildman–Crippen LogP) is 1.47. The number of nitrogens with zero attached hydrogens (tertiary/aromatic N) is 1. The summed E-state index contributed by atoms with van der Waals surface area (Å²) in [4.78, 5) is 8.59. The molecule has 2 rings (SSSR count). The van der Waals surface area contributed by atoms with E-state index in [0.29, 0.717) is 12.1 Å². The highest BCUT2D eigenvalue weighted by molar-refractivity contribution is 7.92. The number of benzene rings is 1. The third-order valence-electron chi connectivity index (χ3n) is 3.41. The number of hydrogen-bond donors (Lipinski definition) is 0. The van der Waals surface area contributed by atoms with Crippen LogP contribution in [0, 0.1) is 5.82 Å². The average molecular weight is 389 g/mol. The Morgan fingerprint density at radius 1 is 1.00 bits per heavy atom. The Morgan fingerprint density at radius 3 is 2.04 bits per heavy atom. The van der Waals surface area contributed by atoms with Crippen molar-refractivity contribution in [3.63, 3.8) is 0 Å². The third kappa shape index (κ3) is 3.30. The summed E-state index contributed by atoms with van der Waals surface area (Å²) in [5, 5.41) is 0. The van der Waals surface area contributed by atoms with Crippen molar-refractivity contribution in [2.45, 2.75) is 28.1 Å². The van der Waals surface area contributed by atoms with Gasteiger partial charge in [0.1, 0.15) is 16.5 Å². The van der Waals surface area contributed by atoms with Crippen LogP contribution in [0.15, 0.2) is 28.0 Å². The van der Waals surface area contributed by atoms with Crippen molar-refractivity contribution in [1.29, 1.82) is 0 Å². The first-order valence-corrected chi connectivity index (χ1v) is 9.42. The monoisotopic (exact) mass is 389 g/mol. The Hall–Kier alpha value is -1.53. The molecule has 0 atom stereocenters. The second-order valence-electron chi connectivity index (χ2n) is 4.98. The Balaban J connectivity index is 2.50. The molecule has 134 valence electrons. The molecule has 24 heavy (non-hydrogen) atoms. The highest BCUT2D eigenvalue weighted by atomic mass is 32.2. The van der Waals surface area contributed by atoms with Gasteiger partial charge in [0.25, 0.3) is 9.84 Å². The predicted molar refractivity (Wildman–Crippen MR) is 72.6 cm³/mol. The van der Waals surface area contributed by atoms with Crippen LogP contribution in [0.2, 0.25) is 0 Å². The van der Waals surface area contributed by atoms with Gasteiger partial charge < -0.3 is 0 Å². The Morgan fingerprint density at radius 2 is 1.54 bits per heavy atom. The van der Waals surface area contributed by atoms with E-state index in [4.69, 9.17) is 0 Å². The van der Waals surface area contributed by atoms with Crippen molar-refractivity contribution in [3.8, 4) is 0 Å². The van der Waals surface area contributed by atoms with Crippen LogP contribution in [0.25, 0.3) is 0 Å². The summed E-state index contributed by atoms with van der Waals surface area (Å²) in [6.07, 6.45) is -0.123. The minimum atomic E-state index is -6.04. The molecule has 0 bridgehead atoms. The SMILES string of the molecule is O=C1CCN(S(=O)(=O)c2ccc(F)c(S(=O)(=O)C(F)(F)F)c2)CC1. The molecule has 12 heteroatoms. The van der Waals surface area contributed by atoms with Gasteiger partial charge in [0.05, 0.1) is 4.90 Å². The molecule has 0 amide bonds. The first kappa shape index (κ1) is 18.8. The fourth-order valence-corrected chi connectivity index (χ4v) is 4.50. The number of hydrogen-bond acceptors (Lipinski definition) is 5. The van der Waals surface area contributed by atoms with E-state index >= 15 is 0 Å². The highest BCUT2D eigenvalue weighted by Crippen LogP contribution is 2.33. The van der Waals surface area contributed by atoms with Crippen LogP contribution >= 0.6 is 0 Å². The first-order chi connectivity index (χ1) is 10.9. The molecule has 1 heterocycles. The lowest BCUT2D eigenvalue weighted by atomic mass is 10.1. The summed E-state index contributed by atoms with van der Waals surface area (Å²) in [6.45, 7) is -0.361. The maximum Gasteiger partial charge on any atom is 0.502 e. The lowest BCUT2D eigenvalue weighted by Crippen LogP contribution is -2.38. The van der Waals surface area contributed by atoms with Gasteiger partial charge in [0.15, 0.2) is 0 Å². The molecule has 1 aliphatic heterocycles. The molecule has 0 aliphatic carbocycles. The van der Waals surface area contributed by atoms with Crippen LogP contribution in [0.4, 0.5) is 17.6 Å². The molecule has 0 N–H and O–H groups in total. The Kier molecular flexibility index (Phi) is 4.76. The lowest BCUT2D eigenvalue weighted by molar-refractivity contribution is -0.120. The van der Waals surface area contributed by atoms with Crippen molar-refractivity contribution < 1.29 is 39.2 Å². The second-order valence-corrected chi connectivity index (χ2v) is 8.83. The van der Waals surface area contributed by atoms with Gasteiger partial charge in [-0.15, -0.1) is 0 Å². The quantitative estimate of drug-likeness (QED) is 0.731. The maximum atomic E-state index is 13.5. The minimum absolute atomic E-state index is 0.0614. The summed E-state index contributed by atoms with van der Waals surface area (Å²) in [6, 6.07) is 1.17. The molecule has 0 aromatic heterocycles. The van der Waals surface area contributed by atoms with Gasteiger partial charge in [-0.2, -0.15) is 17.5 Å². The number of piperidine rings is 1. The Labute approximate surface area is 135 Å². The van der Waals surface area contributed by atoms with Crippen LogP contribution in [-0.4, -0.2) is 45.5 Å². The number of alkyl halides is 3. The average Bonchev–Trinajstić information content (AvgIpc) is 2.46. The van der Waals surface area contributed by atoms with Crippen molar-refractivity contribution in [2.24, 2.45) is 0 Å². The standard InChI is InChI=1S/C12H11F4NO5S2/c13-10-2-1-9(7-11(10)23(19,20)12(14,15)16)24(21,22)17-5-3-8(18)4-6-17/h1-2,7H,3-6H2. The summed E-state index contributed by atoms with van der Waals surface area (Å²) < 4.78 is 99.5. The molecule has 0 saturated carbocycles. The van der Waals surface area contributed by atoms with Gasteiger partial charge in [-0.1, -0.05) is 0 Å². The number of sulfonamides is 1. The van der Waals surface area contributed by atoms with Gasteiger partial charge in [0.2, 0.25) is 10.0 Å². The summed E-state index contributed by atoms with van der Waals surface area (Å²) in [5.41, 5.74) is -5.77. The van der Waals surface area contributed by atoms with Crippen LogP contribution in [0.3, 0.4) is 0 Å². The summed E-state index contributed by atoms with van der Waals surface area (Å²) in [5.74, 6) is -1.87. The topological polar surface area (TPSA) is 88.6 Å². The molecule has 6 nitrogen and oxygen atoms in total. The number of halogens is 4. The summed E-state index contributed by atoms with van der Waals surface area (Å²) >= 11 is 0. The highest BCUT2D eigenvalue weighted by Gasteiger charge is 2.48. The molecule has 1 aromatic carbocycles. The molecule has 0 radical (unpaired) electrons. The van der Waals surface area contributed by atoms with E-state index < -0.39 is 41.0 Å². The number of sulfone groups is 1. The zero-order valence-electron chi connectivity index (χ0n) is 11.9. The molecule has 0 unspecified atom stereocenters. The molecule has 1 fully saturated rings. The molecule has 1 saturated heterocycles. The lowest BCUT2D eigenvalue weighted by Gasteiger charge is -2.25. The van der Waals surface area contributed by atoms with Crippen LogP contribution in [0.1, 0.15) is 12.8 Å². The van der Waals surface area contributed by atoms with Crippen LogP contribution < -0.4 is 0 Å². The molecular formula is C12H11F4NO5S2. The van der Waals surface area contributed by atoms with E-state index in [1.807, 2.05) is 0 Å². The van der Waals surface area contributed by atoms with E-state index in [0.717, 1.165) is 4.31 Å². The minimum Gasteiger partial charge on any atom is -0.300 e. The Bertz CT molecular complexity index is 867. The van der Waals surface area contributed by atoms with E-state index in [2.05, 4.69) is 0 Å². The maximum absolute atomic E-state index is 13.5. The first-order valence-electron chi connectivity index (χ1n) is 6.50. The van der Waals surface area contributed by atoms with Gasteiger partial charge in [-0.05, 0) is 18.2 Å². The van der Waals surface area contributed by atoms with Crippen molar-refractivity contribution in [1.82, 2.24) is 4.31 Å². The smallest absolute Gasteiger partial charge is 0.300 e. The zero-order valence-corrected chi connectivity index (χ0v) is 13.5. The van der Waals surface area contributed by atoms with Crippen LogP contribution in [0.5, 0.6) is 0 Å².